The van der Waals surface area contributed by atoms with Gasteiger partial charge in [-0.25, -0.2) is 4.98 Å². The smallest absolute Gasteiger partial charge is 0.121 e. The highest BCUT2D eigenvalue weighted by Crippen LogP contribution is 2.36. The molecule has 0 aliphatic carbocycles. The summed E-state index contributed by atoms with van der Waals surface area (Å²) < 4.78 is 1.33. The Morgan fingerprint density at radius 3 is 2.80 bits per heavy atom. The summed E-state index contributed by atoms with van der Waals surface area (Å²) in [5.74, 6) is 1.06. The van der Waals surface area contributed by atoms with Gasteiger partial charge >= 0.3 is 0 Å². The zero-order valence-electron chi connectivity index (χ0n) is 14.0. The van der Waals surface area contributed by atoms with Gasteiger partial charge in [-0.05, 0) is 23.6 Å². The summed E-state index contributed by atoms with van der Waals surface area (Å²) in [6.07, 6.45) is 0. The van der Waals surface area contributed by atoms with Crippen molar-refractivity contribution in [2.24, 2.45) is 0 Å². The number of benzene rings is 2. The number of H-pyrrole nitrogens is 1. The van der Waals surface area contributed by atoms with Gasteiger partial charge in [0.1, 0.15) is 5.82 Å². The van der Waals surface area contributed by atoms with Crippen LogP contribution in [0.2, 0.25) is 0 Å². The fourth-order valence-electron chi connectivity index (χ4n) is 3.56. The Bertz CT molecular complexity index is 993. The van der Waals surface area contributed by atoms with Crippen molar-refractivity contribution in [2.45, 2.75) is 6.54 Å². The number of fused-ring (bicyclic) bond motifs is 2. The third-order valence-corrected chi connectivity index (χ3v) is 5.99. The molecule has 5 heteroatoms. The van der Waals surface area contributed by atoms with E-state index in [2.05, 4.69) is 63.7 Å². The Morgan fingerprint density at radius 1 is 1.04 bits per heavy atom. The topological polar surface area (TPSA) is 44.0 Å². The molecule has 0 bridgehead atoms. The molecule has 0 saturated carbocycles. The molecule has 2 N–H and O–H groups in total. The highest BCUT2D eigenvalue weighted by Gasteiger charge is 2.15. The molecule has 25 heavy (non-hydrogen) atoms. The number of aromatic nitrogens is 2. The number of nitrogens with zero attached hydrogens (tertiary/aromatic N) is 2. The summed E-state index contributed by atoms with van der Waals surface area (Å²) in [4.78, 5) is 12.2. The number of thiophene rings is 1. The van der Waals surface area contributed by atoms with E-state index in [-0.39, 0.29) is 0 Å². The van der Waals surface area contributed by atoms with Gasteiger partial charge in [0.2, 0.25) is 0 Å². The molecule has 0 atom stereocenters. The van der Waals surface area contributed by atoms with Crippen LogP contribution < -0.4 is 5.32 Å². The summed E-state index contributed by atoms with van der Waals surface area (Å²) in [7, 11) is 0. The van der Waals surface area contributed by atoms with Crippen molar-refractivity contribution in [3.63, 3.8) is 0 Å². The van der Waals surface area contributed by atoms with Crippen LogP contribution in [0.25, 0.3) is 31.6 Å². The minimum atomic E-state index is 0.891. The predicted molar refractivity (Wildman–Crippen MR) is 105 cm³/mol. The molecule has 4 aromatic rings. The first-order valence-corrected chi connectivity index (χ1v) is 9.58. The number of imidazole rings is 1. The second-order valence-electron chi connectivity index (χ2n) is 6.56. The Balaban J connectivity index is 1.54. The molecule has 1 fully saturated rings. The molecule has 2 aromatic carbocycles. The van der Waals surface area contributed by atoms with E-state index in [1.165, 1.54) is 20.5 Å². The van der Waals surface area contributed by atoms with Gasteiger partial charge in [-0.15, -0.1) is 11.3 Å². The van der Waals surface area contributed by atoms with Crippen LogP contribution in [0.3, 0.4) is 0 Å². The first-order chi connectivity index (χ1) is 12.4. The number of nitrogens with one attached hydrogen (secondary N) is 2. The molecule has 1 aliphatic heterocycles. The van der Waals surface area contributed by atoms with Gasteiger partial charge in [0, 0.05) is 41.3 Å². The lowest BCUT2D eigenvalue weighted by Gasteiger charge is -2.26. The summed E-state index contributed by atoms with van der Waals surface area (Å²) in [6, 6.07) is 17.3. The van der Waals surface area contributed by atoms with Crippen molar-refractivity contribution < 1.29 is 0 Å². The lowest BCUT2D eigenvalue weighted by molar-refractivity contribution is 0.229. The highest BCUT2D eigenvalue weighted by molar-refractivity contribution is 7.22. The van der Waals surface area contributed by atoms with Crippen molar-refractivity contribution in [1.82, 2.24) is 20.2 Å². The van der Waals surface area contributed by atoms with Crippen LogP contribution >= 0.6 is 11.3 Å². The summed E-state index contributed by atoms with van der Waals surface area (Å²) in [5, 5.41) is 4.71. The molecule has 5 rings (SSSR count). The van der Waals surface area contributed by atoms with Crippen LogP contribution in [0, 0.1) is 0 Å². The number of aromatic amines is 1. The molecule has 2 aromatic heterocycles. The van der Waals surface area contributed by atoms with Crippen LogP contribution in [0.4, 0.5) is 0 Å². The molecule has 1 aliphatic rings. The summed E-state index contributed by atoms with van der Waals surface area (Å²) in [5.41, 5.74) is 3.46. The molecular weight excluding hydrogens is 328 g/mol. The molecule has 0 spiro atoms. The highest BCUT2D eigenvalue weighted by atomic mass is 32.1. The van der Waals surface area contributed by atoms with Crippen molar-refractivity contribution >= 4 is 32.5 Å². The Morgan fingerprint density at radius 2 is 1.92 bits per heavy atom. The average Bonchev–Trinajstić information content (AvgIpc) is 3.25. The molecule has 0 unspecified atom stereocenters. The van der Waals surface area contributed by atoms with E-state index in [0.29, 0.717) is 0 Å². The zero-order valence-corrected chi connectivity index (χ0v) is 14.8. The maximum Gasteiger partial charge on any atom is 0.121 e. The average molecular weight is 348 g/mol. The molecule has 3 heterocycles. The number of para-hydroxylation sites is 1. The zero-order chi connectivity index (χ0) is 16.6. The van der Waals surface area contributed by atoms with Crippen LogP contribution in [-0.4, -0.2) is 41.0 Å². The van der Waals surface area contributed by atoms with E-state index in [1.54, 1.807) is 0 Å². The SMILES string of the molecule is c1ccc2sc(-c3cccc4nc(CN5CCNCC5)[nH]c34)cc2c1. The second kappa shape index (κ2) is 6.26. The van der Waals surface area contributed by atoms with Crippen LogP contribution in [-0.2, 0) is 6.54 Å². The molecule has 126 valence electrons. The monoisotopic (exact) mass is 348 g/mol. The standard InChI is InChI=1S/C20H20N4S/c1-2-7-17-14(4-1)12-18(25-17)15-5-3-6-16-20(15)23-19(22-16)13-24-10-8-21-9-11-24/h1-7,12,21H,8-11,13H2,(H,22,23). The van der Waals surface area contributed by atoms with Gasteiger partial charge in [-0.2, -0.15) is 0 Å². The van der Waals surface area contributed by atoms with E-state index in [0.717, 1.165) is 49.6 Å². The number of hydrogen-bond donors (Lipinski definition) is 2. The normalized spacial score (nSPS) is 16.0. The summed E-state index contributed by atoms with van der Waals surface area (Å²) in [6.45, 7) is 5.18. The molecular formula is C20H20N4S. The summed E-state index contributed by atoms with van der Waals surface area (Å²) >= 11 is 1.84. The van der Waals surface area contributed by atoms with Crippen molar-refractivity contribution in [3.05, 3.63) is 54.4 Å². The minimum absolute atomic E-state index is 0.891. The minimum Gasteiger partial charge on any atom is -0.340 e. The molecule has 1 saturated heterocycles. The largest absolute Gasteiger partial charge is 0.340 e. The van der Waals surface area contributed by atoms with Gasteiger partial charge in [-0.1, -0.05) is 30.3 Å². The predicted octanol–water partition coefficient (Wildman–Crippen LogP) is 3.85. The van der Waals surface area contributed by atoms with Gasteiger partial charge in [0.05, 0.1) is 17.6 Å². The lowest BCUT2D eigenvalue weighted by Crippen LogP contribution is -2.43. The van der Waals surface area contributed by atoms with Crippen LogP contribution in [0.15, 0.2) is 48.5 Å². The number of hydrogen-bond acceptors (Lipinski definition) is 4. The van der Waals surface area contributed by atoms with Crippen LogP contribution in [0.1, 0.15) is 5.82 Å². The van der Waals surface area contributed by atoms with Gasteiger partial charge < -0.3 is 10.3 Å². The van der Waals surface area contributed by atoms with Crippen molar-refractivity contribution in [3.8, 4) is 10.4 Å². The van der Waals surface area contributed by atoms with E-state index in [9.17, 15) is 0 Å². The van der Waals surface area contributed by atoms with E-state index < -0.39 is 0 Å². The molecule has 0 amide bonds. The third-order valence-electron chi connectivity index (χ3n) is 4.84. The molecule has 4 nitrogen and oxygen atoms in total. The van der Waals surface area contributed by atoms with E-state index in [4.69, 9.17) is 4.98 Å². The third kappa shape index (κ3) is 2.84. The quantitative estimate of drug-likeness (QED) is 0.591. The lowest BCUT2D eigenvalue weighted by atomic mass is 10.1. The first-order valence-electron chi connectivity index (χ1n) is 8.76. The van der Waals surface area contributed by atoms with Crippen molar-refractivity contribution in [2.75, 3.05) is 26.2 Å². The van der Waals surface area contributed by atoms with Gasteiger partial charge in [0.15, 0.2) is 0 Å². The molecule has 0 radical (unpaired) electrons. The van der Waals surface area contributed by atoms with Crippen molar-refractivity contribution in [1.29, 1.82) is 0 Å². The Hall–Kier alpha value is -2.21. The Kier molecular flexibility index (Phi) is 3.77. The maximum absolute atomic E-state index is 4.83. The fourth-order valence-corrected chi connectivity index (χ4v) is 4.65. The van der Waals surface area contributed by atoms with E-state index >= 15 is 0 Å². The Labute approximate surface area is 150 Å². The number of piperazine rings is 1. The first kappa shape index (κ1) is 15.1. The second-order valence-corrected chi connectivity index (χ2v) is 7.64. The number of rotatable bonds is 3. The van der Waals surface area contributed by atoms with Crippen LogP contribution in [0.5, 0.6) is 0 Å². The van der Waals surface area contributed by atoms with Gasteiger partial charge in [0.25, 0.3) is 0 Å². The van der Waals surface area contributed by atoms with E-state index in [1.807, 2.05) is 11.3 Å². The van der Waals surface area contributed by atoms with Gasteiger partial charge in [-0.3, -0.25) is 4.90 Å². The fraction of sp³-hybridized carbons (Fsp3) is 0.250. The maximum atomic E-state index is 4.83.